The van der Waals surface area contributed by atoms with Gasteiger partial charge in [-0.25, -0.2) is 4.98 Å². The number of hydrogen-bond acceptors (Lipinski definition) is 5. The monoisotopic (exact) mass is 285 g/mol. The lowest BCUT2D eigenvalue weighted by molar-refractivity contribution is 0.266. The highest BCUT2D eigenvalue weighted by molar-refractivity contribution is 5.72. The molecule has 1 atom stereocenters. The smallest absolute Gasteiger partial charge is 0.155 e. The summed E-state index contributed by atoms with van der Waals surface area (Å²) in [5.41, 5.74) is 2.67. The van der Waals surface area contributed by atoms with Crippen molar-refractivity contribution in [2.45, 2.75) is 25.5 Å². The third-order valence-corrected chi connectivity index (χ3v) is 3.95. The molecule has 5 nitrogen and oxygen atoms in total. The fraction of sp³-hybridized carbons (Fsp3) is 0.375. The first-order chi connectivity index (χ1) is 10.3. The number of rotatable bonds is 4. The number of aliphatic hydroxyl groups excluding tert-OH is 2. The number of hydrogen-bond donors (Lipinski definition) is 2. The molecule has 0 saturated carbocycles. The highest BCUT2D eigenvalue weighted by atomic mass is 16.3. The third kappa shape index (κ3) is 2.75. The number of aromatic nitrogens is 2. The lowest BCUT2D eigenvalue weighted by atomic mass is 10.1. The molecule has 0 amide bonds. The second kappa shape index (κ2) is 6.20. The molecular weight excluding hydrogens is 266 g/mol. The molecule has 1 unspecified atom stereocenters. The molecular formula is C16H19N3O2. The van der Waals surface area contributed by atoms with E-state index in [0.717, 1.165) is 42.0 Å². The molecule has 1 aromatic carbocycles. The second-order valence-corrected chi connectivity index (χ2v) is 5.26. The van der Waals surface area contributed by atoms with Crippen LogP contribution in [0.15, 0.2) is 36.7 Å². The number of anilines is 1. The van der Waals surface area contributed by atoms with E-state index < -0.39 is 0 Å². The van der Waals surface area contributed by atoms with Gasteiger partial charge in [0.25, 0.3) is 0 Å². The van der Waals surface area contributed by atoms with Crippen molar-refractivity contribution in [1.82, 2.24) is 9.97 Å². The first-order valence-electron chi connectivity index (χ1n) is 7.22. The quantitative estimate of drug-likeness (QED) is 0.893. The Kier molecular flexibility index (Phi) is 4.13. The highest BCUT2D eigenvalue weighted by Crippen LogP contribution is 2.31. The van der Waals surface area contributed by atoms with Crippen LogP contribution >= 0.6 is 0 Å². The zero-order valence-electron chi connectivity index (χ0n) is 11.8. The Morgan fingerprint density at radius 3 is 2.57 bits per heavy atom. The van der Waals surface area contributed by atoms with Gasteiger partial charge in [0.1, 0.15) is 5.69 Å². The van der Waals surface area contributed by atoms with Crippen LogP contribution in [0.2, 0.25) is 0 Å². The lowest BCUT2D eigenvalue weighted by Gasteiger charge is -2.25. The second-order valence-electron chi connectivity index (χ2n) is 5.26. The van der Waals surface area contributed by atoms with E-state index in [2.05, 4.69) is 14.9 Å². The molecule has 1 aliphatic heterocycles. The maximum Gasteiger partial charge on any atom is 0.155 e. The van der Waals surface area contributed by atoms with Crippen molar-refractivity contribution in [3.63, 3.8) is 0 Å². The van der Waals surface area contributed by atoms with Crippen LogP contribution in [0.1, 0.15) is 18.4 Å². The molecule has 0 spiro atoms. The molecule has 1 aliphatic rings. The van der Waals surface area contributed by atoms with Gasteiger partial charge in [-0.15, -0.1) is 0 Å². The molecule has 3 rings (SSSR count). The number of benzene rings is 1. The predicted molar refractivity (Wildman–Crippen MR) is 80.8 cm³/mol. The summed E-state index contributed by atoms with van der Waals surface area (Å²) in [5, 5.41) is 18.6. The minimum atomic E-state index is 0.0340. The Morgan fingerprint density at radius 2 is 1.86 bits per heavy atom. The molecule has 2 N–H and O–H groups in total. The molecule has 110 valence electrons. The zero-order valence-corrected chi connectivity index (χ0v) is 11.8. The van der Waals surface area contributed by atoms with E-state index in [1.807, 2.05) is 24.3 Å². The molecule has 1 saturated heterocycles. The average Bonchev–Trinajstić information content (AvgIpc) is 3.03. The maximum absolute atomic E-state index is 9.51. The van der Waals surface area contributed by atoms with Gasteiger partial charge in [-0.3, -0.25) is 4.98 Å². The Balaban J connectivity index is 1.98. The number of nitrogens with zero attached hydrogens (tertiary/aromatic N) is 3. The highest BCUT2D eigenvalue weighted by Gasteiger charge is 2.27. The number of aliphatic hydroxyl groups is 2. The molecule has 0 bridgehead atoms. The minimum absolute atomic E-state index is 0.0340. The predicted octanol–water partition coefficient (Wildman–Crippen LogP) is 1.60. The third-order valence-electron chi connectivity index (χ3n) is 3.95. The first-order valence-corrected chi connectivity index (χ1v) is 7.22. The topological polar surface area (TPSA) is 69.5 Å². The summed E-state index contributed by atoms with van der Waals surface area (Å²) in [5.74, 6) is 0.825. The summed E-state index contributed by atoms with van der Waals surface area (Å²) in [6.07, 6.45) is 5.41. The van der Waals surface area contributed by atoms with Crippen LogP contribution < -0.4 is 4.90 Å². The van der Waals surface area contributed by atoms with Crippen molar-refractivity contribution in [2.24, 2.45) is 0 Å². The molecule has 0 aliphatic carbocycles. The largest absolute Gasteiger partial charge is 0.394 e. The van der Waals surface area contributed by atoms with E-state index >= 15 is 0 Å². The summed E-state index contributed by atoms with van der Waals surface area (Å²) in [6.45, 7) is 1.07. The van der Waals surface area contributed by atoms with Crippen LogP contribution in [0, 0.1) is 0 Å². The zero-order chi connectivity index (χ0) is 14.7. The van der Waals surface area contributed by atoms with E-state index in [4.69, 9.17) is 5.11 Å². The molecule has 1 aromatic heterocycles. The summed E-state index contributed by atoms with van der Waals surface area (Å²) in [4.78, 5) is 11.1. The first kappa shape index (κ1) is 14.0. The van der Waals surface area contributed by atoms with Crippen molar-refractivity contribution in [3.05, 3.63) is 42.2 Å². The van der Waals surface area contributed by atoms with E-state index in [-0.39, 0.29) is 19.3 Å². The summed E-state index contributed by atoms with van der Waals surface area (Å²) < 4.78 is 0. The van der Waals surface area contributed by atoms with E-state index in [1.165, 1.54) is 0 Å². The Morgan fingerprint density at radius 1 is 1.10 bits per heavy atom. The van der Waals surface area contributed by atoms with Gasteiger partial charge in [0.05, 0.1) is 19.3 Å². The molecule has 2 aromatic rings. The van der Waals surface area contributed by atoms with Crippen molar-refractivity contribution in [1.29, 1.82) is 0 Å². The van der Waals surface area contributed by atoms with Crippen LogP contribution in [-0.2, 0) is 6.61 Å². The van der Waals surface area contributed by atoms with Gasteiger partial charge in [-0.1, -0.05) is 24.3 Å². The normalized spacial score (nSPS) is 18.2. The lowest BCUT2D eigenvalue weighted by Crippen LogP contribution is -2.33. The van der Waals surface area contributed by atoms with Crippen molar-refractivity contribution in [2.75, 3.05) is 18.1 Å². The van der Waals surface area contributed by atoms with Crippen LogP contribution in [0.4, 0.5) is 5.82 Å². The average molecular weight is 285 g/mol. The van der Waals surface area contributed by atoms with Crippen LogP contribution in [-0.4, -0.2) is 39.4 Å². The molecule has 0 radical (unpaired) electrons. The fourth-order valence-electron chi connectivity index (χ4n) is 2.82. The van der Waals surface area contributed by atoms with Crippen LogP contribution in [0.3, 0.4) is 0 Å². The summed E-state index contributed by atoms with van der Waals surface area (Å²) in [6, 6.07) is 7.80. The molecule has 21 heavy (non-hydrogen) atoms. The SMILES string of the molecule is OCc1ccc(-c2nccnc2N2CCCC2CO)cc1. The summed E-state index contributed by atoms with van der Waals surface area (Å²) in [7, 11) is 0. The van der Waals surface area contributed by atoms with Crippen molar-refractivity contribution in [3.8, 4) is 11.3 Å². The minimum Gasteiger partial charge on any atom is -0.394 e. The summed E-state index contributed by atoms with van der Waals surface area (Å²) >= 11 is 0. The Bertz CT molecular complexity index is 601. The van der Waals surface area contributed by atoms with Gasteiger partial charge in [-0.05, 0) is 18.4 Å². The fourth-order valence-corrected chi connectivity index (χ4v) is 2.82. The van der Waals surface area contributed by atoms with Gasteiger partial charge in [0.2, 0.25) is 0 Å². The van der Waals surface area contributed by atoms with Crippen LogP contribution in [0.25, 0.3) is 11.3 Å². The van der Waals surface area contributed by atoms with E-state index in [9.17, 15) is 5.11 Å². The Labute approximate surface area is 123 Å². The molecule has 1 fully saturated rings. The van der Waals surface area contributed by atoms with Crippen LogP contribution in [0.5, 0.6) is 0 Å². The van der Waals surface area contributed by atoms with Gasteiger partial charge in [0.15, 0.2) is 5.82 Å². The standard InChI is InChI=1S/C16H19N3O2/c20-10-12-3-5-13(6-4-12)15-16(18-8-7-17-15)19-9-1-2-14(19)11-21/h3-8,14,20-21H,1-2,9-11H2. The van der Waals surface area contributed by atoms with Gasteiger partial charge < -0.3 is 15.1 Å². The molecule has 5 heteroatoms. The maximum atomic E-state index is 9.51. The van der Waals surface area contributed by atoms with Gasteiger partial charge in [-0.2, -0.15) is 0 Å². The van der Waals surface area contributed by atoms with E-state index in [0.29, 0.717) is 0 Å². The molecule has 2 heterocycles. The van der Waals surface area contributed by atoms with Gasteiger partial charge >= 0.3 is 0 Å². The van der Waals surface area contributed by atoms with Crippen molar-refractivity contribution >= 4 is 5.82 Å². The van der Waals surface area contributed by atoms with Gasteiger partial charge in [0, 0.05) is 24.5 Å². The Hall–Kier alpha value is -1.98. The van der Waals surface area contributed by atoms with E-state index in [1.54, 1.807) is 12.4 Å². The van der Waals surface area contributed by atoms with Crippen molar-refractivity contribution < 1.29 is 10.2 Å².